The van der Waals surface area contributed by atoms with E-state index in [1.807, 2.05) is 35.9 Å². The van der Waals surface area contributed by atoms with Crippen LogP contribution >= 0.6 is 0 Å². The lowest BCUT2D eigenvalue weighted by molar-refractivity contribution is -0.118. The van der Waals surface area contributed by atoms with E-state index in [1.165, 1.54) is 6.33 Å². The van der Waals surface area contributed by atoms with Crippen molar-refractivity contribution >= 4 is 23.1 Å². The van der Waals surface area contributed by atoms with Crippen molar-refractivity contribution in [2.45, 2.75) is 6.92 Å². The summed E-state index contributed by atoms with van der Waals surface area (Å²) in [6, 6.07) is 16.2. The van der Waals surface area contributed by atoms with Crippen LogP contribution in [0.15, 0.2) is 73.3 Å². The zero-order valence-corrected chi connectivity index (χ0v) is 17.6. The normalized spacial score (nSPS) is 10.4. The van der Waals surface area contributed by atoms with E-state index in [1.54, 1.807) is 49.7 Å². The second-order valence-electron chi connectivity index (χ2n) is 6.82. The van der Waals surface area contributed by atoms with Crippen LogP contribution < -0.4 is 20.1 Å². The third-order valence-corrected chi connectivity index (χ3v) is 4.60. The summed E-state index contributed by atoms with van der Waals surface area (Å²) >= 11 is 0. The maximum Gasteiger partial charge on any atom is 0.262 e. The Hall–Kier alpha value is -4.40. The van der Waals surface area contributed by atoms with Gasteiger partial charge in [-0.15, -0.1) is 0 Å². The summed E-state index contributed by atoms with van der Waals surface area (Å²) in [5, 5.41) is 6.04. The number of carbonyl (C=O) groups is 1. The number of rotatable bonds is 8. The Bertz CT molecular complexity index is 1190. The SMILES string of the molecule is COc1ccc(OCC(=O)Nc2ccc(Nc3cc(-n4ccnc4C)ncn3)cc2)cc1. The number of amides is 1. The standard InChI is InChI=1S/C23H22N6O3/c1-16-24-11-12-29(16)22-13-21(25-15-26-22)27-17-3-5-18(6-4-17)28-23(30)14-32-20-9-7-19(31-2)8-10-20/h3-13,15H,14H2,1-2H3,(H,28,30)(H,25,26,27). The van der Waals surface area contributed by atoms with Crippen LogP contribution in [0.2, 0.25) is 0 Å². The Morgan fingerprint density at radius 3 is 2.38 bits per heavy atom. The van der Waals surface area contributed by atoms with E-state index in [0.717, 1.165) is 23.1 Å². The van der Waals surface area contributed by atoms with Crippen molar-refractivity contribution in [3.63, 3.8) is 0 Å². The Balaban J connectivity index is 1.32. The van der Waals surface area contributed by atoms with E-state index in [2.05, 4.69) is 25.6 Å². The van der Waals surface area contributed by atoms with Crippen LogP contribution in [0.1, 0.15) is 5.82 Å². The fourth-order valence-corrected chi connectivity index (χ4v) is 2.97. The Kier molecular flexibility index (Phi) is 6.26. The maximum absolute atomic E-state index is 12.2. The first-order valence-corrected chi connectivity index (χ1v) is 9.87. The number of ether oxygens (including phenoxy) is 2. The maximum atomic E-state index is 12.2. The van der Waals surface area contributed by atoms with Crippen LogP contribution in [0, 0.1) is 6.92 Å². The molecule has 0 saturated heterocycles. The molecule has 2 N–H and O–H groups in total. The third kappa shape index (κ3) is 5.20. The van der Waals surface area contributed by atoms with Gasteiger partial charge in [0.05, 0.1) is 7.11 Å². The molecule has 9 nitrogen and oxygen atoms in total. The number of nitrogens with zero attached hydrogens (tertiary/aromatic N) is 4. The summed E-state index contributed by atoms with van der Waals surface area (Å²) in [6.45, 7) is 1.81. The molecular formula is C23H22N6O3. The molecule has 2 heterocycles. The van der Waals surface area contributed by atoms with E-state index in [4.69, 9.17) is 9.47 Å². The molecule has 2 aromatic heterocycles. The number of benzene rings is 2. The Labute approximate surface area is 185 Å². The van der Waals surface area contributed by atoms with Gasteiger partial charge in [0.15, 0.2) is 6.61 Å². The molecular weight excluding hydrogens is 408 g/mol. The summed E-state index contributed by atoms with van der Waals surface area (Å²) in [7, 11) is 1.59. The molecule has 162 valence electrons. The fourth-order valence-electron chi connectivity index (χ4n) is 2.97. The Morgan fingerprint density at radius 1 is 0.969 bits per heavy atom. The van der Waals surface area contributed by atoms with Gasteiger partial charge in [-0.1, -0.05) is 0 Å². The largest absolute Gasteiger partial charge is 0.497 e. The quantitative estimate of drug-likeness (QED) is 0.439. The predicted molar refractivity (Wildman–Crippen MR) is 121 cm³/mol. The minimum absolute atomic E-state index is 0.0935. The van der Waals surface area contributed by atoms with Crippen molar-refractivity contribution in [2.75, 3.05) is 24.4 Å². The molecule has 9 heteroatoms. The van der Waals surface area contributed by atoms with E-state index >= 15 is 0 Å². The molecule has 2 aromatic carbocycles. The van der Waals surface area contributed by atoms with E-state index in [9.17, 15) is 4.79 Å². The minimum atomic E-state index is -0.252. The molecule has 0 fully saturated rings. The molecule has 0 bridgehead atoms. The van der Waals surface area contributed by atoms with Gasteiger partial charge in [0.25, 0.3) is 5.91 Å². The smallest absolute Gasteiger partial charge is 0.262 e. The number of nitrogens with one attached hydrogen (secondary N) is 2. The lowest BCUT2D eigenvalue weighted by atomic mass is 10.2. The number of hydrogen-bond donors (Lipinski definition) is 2. The number of aromatic nitrogens is 4. The summed E-state index contributed by atoms with van der Waals surface area (Å²) < 4.78 is 12.5. The van der Waals surface area contributed by atoms with Crippen molar-refractivity contribution in [2.24, 2.45) is 0 Å². The number of aryl methyl sites for hydroxylation is 1. The lowest BCUT2D eigenvalue weighted by Crippen LogP contribution is -2.20. The van der Waals surface area contributed by atoms with Gasteiger partial charge in [0, 0.05) is 29.8 Å². The predicted octanol–water partition coefficient (Wildman–Crippen LogP) is 3.74. The van der Waals surface area contributed by atoms with Crippen molar-refractivity contribution in [3.8, 4) is 17.3 Å². The number of carbonyl (C=O) groups excluding carboxylic acids is 1. The molecule has 1 amide bonds. The van der Waals surface area contributed by atoms with Crippen LogP contribution in [-0.4, -0.2) is 39.1 Å². The van der Waals surface area contributed by atoms with Crippen LogP contribution in [0.5, 0.6) is 11.5 Å². The van der Waals surface area contributed by atoms with Gasteiger partial charge in [-0.25, -0.2) is 15.0 Å². The molecule has 32 heavy (non-hydrogen) atoms. The Morgan fingerprint density at radius 2 is 1.69 bits per heavy atom. The van der Waals surface area contributed by atoms with Crippen LogP contribution in [0.3, 0.4) is 0 Å². The van der Waals surface area contributed by atoms with E-state index in [-0.39, 0.29) is 12.5 Å². The third-order valence-electron chi connectivity index (χ3n) is 4.60. The van der Waals surface area contributed by atoms with Crippen molar-refractivity contribution < 1.29 is 14.3 Å². The van der Waals surface area contributed by atoms with E-state index in [0.29, 0.717) is 17.3 Å². The molecule has 4 rings (SSSR count). The highest BCUT2D eigenvalue weighted by molar-refractivity contribution is 5.92. The molecule has 4 aromatic rings. The highest BCUT2D eigenvalue weighted by Gasteiger charge is 2.06. The fraction of sp³-hybridized carbons (Fsp3) is 0.130. The van der Waals surface area contributed by atoms with Gasteiger partial charge in [-0.2, -0.15) is 0 Å². The van der Waals surface area contributed by atoms with Crippen LogP contribution in [0.25, 0.3) is 5.82 Å². The zero-order chi connectivity index (χ0) is 22.3. The summed E-state index contributed by atoms with van der Waals surface area (Å²) in [6.07, 6.45) is 5.06. The van der Waals surface area contributed by atoms with Crippen molar-refractivity contribution in [1.29, 1.82) is 0 Å². The topological polar surface area (TPSA) is 103 Å². The summed E-state index contributed by atoms with van der Waals surface area (Å²) in [4.78, 5) is 24.9. The van der Waals surface area contributed by atoms with Gasteiger partial charge >= 0.3 is 0 Å². The van der Waals surface area contributed by atoms with Crippen molar-refractivity contribution in [1.82, 2.24) is 19.5 Å². The number of hydrogen-bond acceptors (Lipinski definition) is 7. The first-order chi connectivity index (χ1) is 15.6. The van der Waals surface area contributed by atoms with Crippen LogP contribution in [0.4, 0.5) is 17.2 Å². The zero-order valence-electron chi connectivity index (χ0n) is 17.6. The number of imidazole rings is 1. The molecule has 0 aliphatic rings. The van der Waals surface area contributed by atoms with Gasteiger partial charge < -0.3 is 20.1 Å². The summed E-state index contributed by atoms with van der Waals surface area (Å²) in [5.41, 5.74) is 1.49. The molecule has 0 aliphatic carbocycles. The van der Waals surface area contributed by atoms with Crippen molar-refractivity contribution in [3.05, 3.63) is 79.1 Å². The highest BCUT2D eigenvalue weighted by atomic mass is 16.5. The van der Waals surface area contributed by atoms with Crippen LogP contribution in [-0.2, 0) is 4.79 Å². The second-order valence-corrected chi connectivity index (χ2v) is 6.82. The molecule has 0 unspecified atom stereocenters. The molecule has 0 radical (unpaired) electrons. The minimum Gasteiger partial charge on any atom is -0.497 e. The average molecular weight is 430 g/mol. The number of anilines is 3. The lowest BCUT2D eigenvalue weighted by Gasteiger charge is -2.10. The molecule has 0 saturated carbocycles. The molecule has 0 atom stereocenters. The molecule has 0 aliphatic heterocycles. The first kappa shape index (κ1) is 20.9. The summed E-state index contributed by atoms with van der Waals surface area (Å²) in [5.74, 6) is 3.27. The van der Waals surface area contributed by atoms with Gasteiger partial charge in [-0.05, 0) is 55.5 Å². The second kappa shape index (κ2) is 9.61. The van der Waals surface area contributed by atoms with Gasteiger partial charge in [0.2, 0.25) is 0 Å². The highest BCUT2D eigenvalue weighted by Crippen LogP contribution is 2.20. The number of methoxy groups -OCH3 is 1. The van der Waals surface area contributed by atoms with Gasteiger partial charge in [-0.3, -0.25) is 9.36 Å². The van der Waals surface area contributed by atoms with E-state index < -0.39 is 0 Å². The van der Waals surface area contributed by atoms with Gasteiger partial charge in [0.1, 0.15) is 35.3 Å². The average Bonchev–Trinajstić information content (AvgIpc) is 3.25. The molecule has 0 spiro atoms. The first-order valence-electron chi connectivity index (χ1n) is 9.87. The monoisotopic (exact) mass is 430 g/mol.